The normalized spacial score (nSPS) is 17.4. The Kier molecular flexibility index (Phi) is 4.73. The van der Waals surface area contributed by atoms with Crippen molar-refractivity contribution in [1.29, 1.82) is 0 Å². The number of esters is 1. The van der Waals surface area contributed by atoms with Gasteiger partial charge in [0.05, 0.1) is 24.0 Å². The molecule has 0 unspecified atom stereocenters. The molecule has 1 aromatic heterocycles. The highest BCUT2D eigenvalue weighted by Crippen LogP contribution is 2.30. The van der Waals surface area contributed by atoms with E-state index < -0.39 is 5.60 Å². The second kappa shape index (κ2) is 6.33. The number of rotatable bonds is 5. The van der Waals surface area contributed by atoms with Crippen molar-refractivity contribution in [2.24, 2.45) is 0 Å². The molecule has 0 aromatic carbocycles. The van der Waals surface area contributed by atoms with Crippen molar-refractivity contribution in [3.8, 4) is 0 Å². The van der Waals surface area contributed by atoms with E-state index in [1.54, 1.807) is 6.07 Å². The summed E-state index contributed by atoms with van der Waals surface area (Å²) in [5, 5.41) is 10.4. The first-order valence-electron chi connectivity index (χ1n) is 6.97. The lowest BCUT2D eigenvalue weighted by atomic mass is 10.0. The minimum absolute atomic E-state index is 0.377. The van der Waals surface area contributed by atoms with Crippen molar-refractivity contribution in [2.75, 3.05) is 20.7 Å². The summed E-state index contributed by atoms with van der Waals surface area (Å²) in [6, 6.07) is 3.54. The van der Waals surface area contributed by atoms with Crippen molar-refractivity contribution >= 4 is 5.97 Å². The van der Waals surface area contributed by atoms with Crippen LogP contribution in [-0.4, -0.2) is 47.3 Å². The second-order valence-corrected chi connectivity index (χ2v) is 5.63. The van der Waals surface area contributed by atoms with E-state index >= 15 is 0 Å². The molecular weight excluding hydrogens is 256 g/mol. The van der Waals surface area contributed by atoms with Crippen LogP contribution in [-0.2, 0) is 11.3 Å². The van der Waals surface area contributed by atoms with Crippen LogP contribution in [0.15, 0.2) is 18.3 Å². The van der Waals surface area contributed by atoms with E-state index in [0.29, 0.717) is 18.7 Å². The number of carbonyl (C=O) groups is 1. The Morgan fingerprint density at radius 2 is 2.15 bits per heavy atom. The molecule has 0 radical (unpaired) electrons. The van der Waals surface area contributed by atoms with Crippen molar-refractivity contribution in [1.82, 2.24) is 9.88 Å². The number of likely N-dealkylation sites (N-methyl/N-ethyl adjacent to an activating group) is 1. The quantitative estimate of drug-likeness (QED) is 0.829. The van der Waals surface area contributed by atoms with Crippen molar-refractivity contribution in [3.05, 3.63) is 29.6 Å². The van der Waals surface area contributed by atoms with E-state index in [2.05, 4.69) is 14.6 Å². The molecule has 1 aliphatic carbocycles. The summed E-state index contributed by atoms with van der Waals surface area (Å²) in [6.45, 7) is 1.32. The Morgan fingerprint density at radius 1 is 1.45 bits per heavy atom. The summed E-state index contributed by atoms with van der Waals surface area (Å²) in [5.74, 6) is -0.377. The van der Waals surface area contributed by atoms with E-state index in [9.17, 15) is 9.90 Å². The van der Waals surface area contributed by atoms with E-state index in [1.165, 1.54) is 13.3 Å². The molecule has 0 atom stereocenters. The number of aromatic nitrogens is 1. The Labute approximate surface area is 119 Å². The maximum Gasteiger partial charge on any atom is 0.339 e. The zero-order valence-corrected chi connectivity index (χ0v) is 12.1. The molecule has 1 heterocycles. The molecule has 5 nitrogen and oxygen atoms in total. The van der Waals surface area contributed by atoms with Crippen LogP contribution in [0, 0.1) is 0 Å². The minimum atomic E-state index is -0.541. The first-order valence-corrected chi connectivity index (χ1v) is 6.97. The molecule has 0 saturated heterocycles. The van der Waals surface area contributed by atoms with Gasteiger partial charge in [-0.15, -0.1) is 0 Å². The second-order valence-electron chi connectivity index (χ2n) is 5.63. The van der Waals surface area contributed by atoms with Gasteiger partial charge in [-0.2, -0.15) is 0 Å². The highest BCUT2D eigenvalue weighted by Gasteiger charge is 2.32. The maximum atomic E-state index is 11.3. The van der Waals surface area contributed by atoms with Crippen LogP contribution in [0.1, 0.15) is 41.7 Å². The van der Waals surface area contributed by atoms with Crippen LogP contribution in [0.3, 0.4) is 0 Å². The Morgan fingerprint density at radius 3 is 2.70 bits per heavy atom. The molecule has 1 N–H and O–H groups in total. The predicted octanol–water partition coefficient (Wildman–Crippen LogP) is 1.61. The van der Waals surface area contributed by atoms with Crippen LogP contribution >= 0.6 is 0 Å². The largest absolute Gasteiger partial charge is 0.465 e. The number of nitrogens with zero attached hydrogens (tertiary/aromatic N) is 2. The molecule has 1 fully saturated rings. The fourth-order valence-corrected chi connectivity index (χ4v) is 2.78. The van der Waals surface area contributed by atoms with Gasteiger partial charge in [-0.25, -0.2) is 4.79 Å². The summed E-state index contributed by atoms with van der Waals surface area (Å²) in [7, 11) is 3.33. The number of hydrogen-bond donors (Lipinski definition) is 1. The topological polar surface area (TPSA) is 62.7 Å². The van der Waals surface area contributed by atoms with Gasteiger partial charge in [0.25, 0.3) is 0 Å². The van der Waals surface area contributed by atoms with E-state index in [-0.39, 0.29) is 5.97 Å². The molecule has 0 spiro atoms. The lowest BCUT2D eigenvalue weighted by Gasteiger charge is -2.28. The lowest BCUT2D eigenvalue weighted by Crippen LogP contribution is -2.38. The SMILES string of the molecule is COC(=O)c1ccc(CN(C)CC2(O)CCCC2)nc1. The zero-order chi connectivity index (χ0) is 14.6. The van der Waals surface area contributed by atoms with Gasteiger partial charge in [0, 0.05) is 19.3 Å². The number of carbonyl (C=O) groups excluding carboxylic acids is 1. The van der Waals surface area contributed by atoms with E-state index in [4.69, 9.17) is 0 Å². The first-order chi connectivity index (χ1) is 9.52. The number of methoxy groups -OCH3 is 1. The van der Waals surface area contributed by atoms with Crippen LogP contribution in [0.4, 0.5) is 0 Å². The molecule has 0 aliphatic heterocycles. The van der Waals surface area contributed by atoms with Crippen LogP contribution < -0.4 is 0 Å². The summed E-state index contributed by atoms with van der Waals surface area (Å²) < 4.78 is 4.64. The van der Waals surface area contributed by atoms with Crippen molar-refractivity contribution in [2.45, 2.75) is 37.8 Å². The van der Waals surface area contributed by atoms with Gasteiger partial charge in [-0.1, -0.05) is 12.8 Å². The molecule has 20 heavy (non-hydrogen) atoms. The Hall–Kier alpha value is -1.46. The van der Waals surface area contributed by atoms with Crippen LogP contribution in [0.5, 0.6) is 0 Å². The van der Waals surface area contributed by atoms with Gasteiger partial charge in [-0.05, 0) is 32.0 Å². The average Bonchev–Trinajstić information content (AvgIpc) is 2.84. The standard InChI is InChI=1S/C15H22N2O3/c1-17(11-15(19)7-3-4-8-15)10-13-6-5-12(9-16-13)14(18)20-2/h5-6,9,19H,3-4,7-8,10-11H2,1-2H3. The van der Waals surface area contributed by atoms with Gasteiger partial charge in [0.15, 0.2) is 0 Å². The van der Waals surface area contributed by atoms with Crippen LogP contribution in [0.2, 0.25) is 0 Å². The molecular formula is C15H22N2O3. The van der Waals surface area contributed by atoms with Gasteiger partial charge >= 0.3 is 5.97 Å². The first kappa shape index (κ1) is 14.9. The lowest BCUT2D eigenvalue weighted by molar-refractivity contribution is 0.0143. The van der Waals surface area contributed by atoms with Crippen molar-refractivity contribution < 1.29 is 14.6 Å². The minimum Gasteiger partial charge on any atom is -0.465 e. The molecule has 110 valence electrons. The van der Waals surface area contributed by atoms with Crippen LogP contribution in [0.25, 0.3) is 0 Å². The summed E-state index contributed by atoms with van der Waals surface area (Å²) in [5.41, 5.74) is 0.788. The molecule has 0 bridgehead atoms. The van der Waals surface area contributed by atoms with Gasteiger partial charge < -0.3 is 9.84 Å². The molecule has 0 amide bonds. The smallest absolute Gasteiger partial charge is 0.339 e. The van der Waals surface area contributed by atoms with Crippen molar-refractivity contribution in [3.63, 3.8) is 0 Å². The van der Waals surface area contributed by atoms with E-state index in [1.807, 2.05) is 13.1 Å². The molecule has 1 aromatic rings. The van der Waals surface area contributed by atoms with Gasteiger partial charge in [-0.3, -0.25) is 9.88 Å². The number of hydrogen-bond acceptors (Lipinski definition) is 5. The maximum absolute atomic E-state index is 11.3. The average molecular weight is 278 g/mol. The predicted molar refractivity (Wildman–Crippen MR) is 75.3 cm³/mol. The monoisotopic (exact) mass is 278 g/mol. The highest BCUT2D eigenvalue weighted by molar-refractivity contribution is 5.88. The third kappa shape index (κ3) is 3.77. The number of pyridine rings is 1. The number of aliphatic hydroxyl groups is 1. The molecule has 2 rings (SSSR count). The Bertz CT molecular complexity index is 453. The molecule has 1 aliphatic rings. The van der Waals surface area contributed by atoms with Gasteiger partial charge in [0.1, 0.15) is 0 Å². The zero-order valence-electron chi connectivity index (χ0n) is 12.1. The fraction of sp³-hybridized carbons (Fsp3) is 0.600. The fourth-order valence-electron chi connectivity index (χ4n) is 2.78. The summed E-state index contributed by atoms with van der Waals surface area (Å²) in [6.07, 6.45) is 5.50. The number of ether oxygens (including phenoxy) is 1. The molecule has 5 heteroatoms. The highest BCUT2D eigenvalue weighted by atomic mass is 16.5. The summed E-state index contributed by atoms with van der Waals surface area (Å²) >= 11 is 0. The Balaban J connectivity index is 1.90. The summed E-state index contributed by atoms with van der Waals surface area (Å²) in [4.78, 5) is 17.6. The van der Waals surface area contributed by atoms with E-state index in [0.717, 1.165) is 31.4 Å². The third-order valence-electron chi connectivity index (χ3n) is 3.78. The molecule has 1 saturated carbocycles. The third-order valence-corrected chi connectivity index (χ3v) is 3.78. The van der Waals surface area contributed by atoms with Gasteiger partial charge in [0.2, 0.25) is 0 Å².